The number of aliphatic hydroxyl groups is 1. The molecular formula is C34H50ClN5O6S. The van der Waals surface area contributed by atoms with E-state index < -0.39 is 51.0 Å². The van der Waals surface area contributed by atoms with Crippen LogP contribution in [-0.4, -0.2) is 107 Å². The maximum Gasteiger partial charge on any atom is 0.407 e. The number of carbonyl (C=O) groups excluding carboxylic acids is 2. The summed E-state index contributed by atoms with van der Waals surface area (Å²) >= 11 is 6.21. The first-order valence-corrected chi connectivity index (χ1v) is 18.4. The van der Waals surface area contributed by atoms with Crippen LogP contribution in [-0.2, 0) is 32.3 Å². The van der Waals surface area contributed by atoms with E-state index in [0.29, 0.717) is 37.8 Å². The van der Waals surface area contributed by atoms with Crippen molar-refractivity contribution in [3.63, 3.8) is 0 Å². The molecule has 13 heteroatoms. The van der Waals surface area contributed by atoms with Crippen LogP contribution in [0.3, 0.4) is 0 Å². The number of β-amino-alcohol motifs (C(OH)–C–C–N with tert-alkyl or cyclic N) is 1. The zero-order valence-electron chi connectivity index (χ0n) is 28.3. The van der Waals surface area contributed by atoms with E-state index in [0.717, 1.165) is 16.8 Å². The molecule has 0 unspecified atom stereocenters. The van der Waals surface area contributed by atoms with Crippen molar-refractivity contribution in [3.8, 4) is 0 Å². The number of halogens is 1. The average Bonchev–Trinajstić information content (AvgIpc) is 3.25. The third-order valence-corrected chi connectivity index (χ3v) is 11.3. The van der Waals surface area contributed by atoms with E-state index in [1.807, 2.05) is 88.9 Å². The second kappa shape index (κ2) is 15.6. The number of aliphatic hydroxyl groups excluding tert-OH is 1. The van der Waals surface area contributed by atoms with E-state index in [4.69, 9.17) is 16.3 Å². The maximum atomic E-state index is 13.7. The first-order chi connectivity index (χ1) is 22.0. The number of aryl methyl sites for hydroxylation is 1. The molecule has 0 radical (unpaired) electrons. The van der Waals surface area contributed by atoms with Crippen LogP contribution >= 0.6 is 11.6 Å². The van der Waals surface area contributed by atoms with Crippen molar-refractivity contribution in [2.24, 2.45) is 5.92 Å². The van der Waals surface area contributed by atoms with Crippen LogP contribution in [0.4, 0.5) is 4.79 Å². The van der Waals surface area contributed by atoms with Gasteiger partial charge in [0.25, 0.3) is 0 Å². The molecule has 260 valence electrons. The Morgan fingerprint density at radius 3 is 2.47 bits per heavy atom. The summed E-state index contributed by atoms with van der Waals surface area (Å²) in [5.41, 5.74) is 2.27. The van der Waals surface area contributed by atoms with Crippen molar-refractivity contribution in [1.82, 2.24) is 25.4 Å². The number of benzene rings is 1. The van der Waals surface area contributed by atoms with Gasteiger partial charge in [0.2, 0.25) is 5.91 Å². The molecule has 5 atom stereocenters. The van der Waals surface area contributed by atoms with Crippen LogP contribution < -0.4 is 10.6 Å². The minimum absolute atomic E-state index is 0.0261. The van der Waals surface area contributed by atoms with Gasteiger partial charge in [-0.25, -0.2) is 18.2 Å². The topological polar surface area (TPSA) is 141 Å². The summed E-state index contributed by atoms with van der Waals surface area (Å²) in [7, 11) is -3.36. The fourth-order valence-electron chi connectivity index (χ4n) is 6.61. The standard InChI is InChI=1S/C34H50ClN5O6S/c1-22(2)31-29(12-15-47(31,44)45)46-33(43)37-26(17-24-10-8-7-9-11-24)28(41)21-40-14-13-39(19-25-16-23(3)36-30(35)18-25)20-27(40)32(42)38-34(4,5)6/h7-11,16,18,22,26-29,31,41H,12-15,17,19-21H2,1-6H3,(H,37,43)(H,38,42)/t26-,27-,28+,29+,31+/m0/s1. The maximum absolute atomic E-state index is 13.7. The average molecular weight is 692 g/mol. The van der Waals surface area contributed by atoms with E-state index in [-0.39, 0.29) is 30.5 Å². The highest BCUT2D eigenvalue weighted by Gasteiger charge is 2.45. The minimum Gasteiger partial charge on any atom is -0.445 e. The largest absolute Gasteiger partial charge is 0.445 e. The number of ether oxygens (including phenoxy) is 1. The third-order valence-electron chi connectivity index (χ3n) is 8.64. The number of piperazine rings is 1. The molecule has 4 rings (SSSR count). The van der Waals surface area contributed by atoms with Crippen LogP contribution in [0.25, 0.3) is 0 Å². The summed E-state index contributed by atoms with van der Waals surface area (Å²) in [5, 5.41) is 17.3. The predicted octanol–water partition coefficient (Wildman–Crippen LogP) is 3.35. The molecule has 2 aliphatic heterocycles. The lowest BCUT2D eigenvalue weighted by Gasteiger charge is -2.43. The third kappa shape index (κ3) is 10.6. The molecule has 0 aliphatic carbocycles. The van der Waals surface area contributed by atoms with Crippen molar-refractivity contribution in [1.29, 1.82) is 0 Å². The number of hydrogen-bond acceptors (Lipinski definition) is 9. The molecule has 2 saturated heterocycles. The Bertz CT molecular complexity index is 1470. The van der Waals surface area contributed by atoms with Crippen molar-refractivity contribution in [2.45, 2.75) is 96.0 Å². The summed E-state index contributed by atoms with van der Waals surface area (Å²) in [6.45, 7) is 13.6. The van der Waals surface area contributed by atoms with Gasteiger partial charge in [-0.1, -0.05) is 55.8 Å². The lowest BCUT2D eigenvalue weighted by molar-refractivity contribution is -0.131. The Hall–Kier alpha value is -2.77. The Balaban J connectivity index is 1.50. The number of sulfone groups is 1. The van der Waals surface area contributed by atoms with Gasteiger partial charge < -0.3 is 20.5 Å². The van der Waals surface area contributed by atoms with Gasteiger partial charge in [0.05, 0.1) is 17.9 Å². The van der Waals surface area contributed by atoms with E-state index in [9.17, 15) is 23.1 Å². The number of alkyl carbamates (subject to hydrolysis) is 1. The van der Waals surface area contributed by atoms with Crippen molar-refractivity contribution < 1.29 is 27.9 Å². The zero-order valence-corrected chi connectivity index (χ0v) is 29.9. The highest BCUT2D eigenvalue weighted by atomic mass is 35.5. The lowest BCUT2D eigenvalue weighted by Crippen LogP contribution is -2.63. The van der Waals surface area contributed by atoms with Crippen LogP contribution in [0.1, 0.15) is 57.9 Å². The molecule has 11 nitrogen and oxygen atoms in total. The normalized spacial score (nSPS) is 23.3. The second-order valence-electron chi connectivity index (χ2n) is 14.2. The van der Waals surface area contributed by atoms with E-state index >= 15 is 0 Å². The molecule has 2 amide bonds. The van der Waals surface area contributed by atoms with E-state index in [1.54, 1.807) is 0 Å². The zero-order chi connectivity index (χ0) is 34.5. The molecule has 0 bridgehead atoms. The molecule has 3 N–H and O–H groups in total. The SMILES string of the molecule is Cc1cc(CN2CCN(C[C@@H](O)[C@H](Cc3ccccc3)NC(=O)O[C@@H]3CCS(=O)(=O)[C@@H]3C(C)C)[C@H](C(=O)NC(C)(C)C)C2)cc(Cl)n1. The molecule has 2 aromatic rings. The number of nitrogens with one attached hydrogen (secondary N) is 2. The summed E-state index contributed by atoms with van der Waals surface area (Å²) in [6, 6.07) is 12.0. The highest BCUT2D eigenvalue weighted by Crippen LogP contribution is 2.29. The van der Waals surface area contributed by atoms with Gasteiger partial charge >= 0.3 is 6.09 Å². The number of nitrogens with zero attached hydrogens (tertiary/aromatic N) is 3. The van der Waals surface area contributed by atoms with Gasteiger partial charge in [-0.2, -0.15) is 0 Å². The monoisotopic (exact) mass is 691 g/mol. The van der Waals surface area contributed by atoms with E-state index in [2.05, 4.69) is 20.5 Å². The number of hydrogen-bond donors (Lipinski definition) is 3. The molecule has 0 saturated carbocycles. The Kier molecular flexibility index (Phi) is 12.3. The number of pyridine rings is 1. The molecule has 2 aliphatic rings. The van der Waals surface area contributed by atoms with Crippen molar-refractivity contribution >= 4 is 33.4 Å². The molecule has 1 aromatic carbocycles. The van der Waals surface area contributed by atoms with Crippen LogP contribution in [0, 0.1) is 12.8 Å². The summed E-state index contributed by atoms with van der Waals surface area (Å²) < 4.78 is 30.9. The second-order valence-corrected chi connectivity index (χ2v) is 16.9. The Labute approximate surface area is 284 Å². The van der Waals surface area contributed by atoms with E-state index in [1.165, 1.54) is 0 Å². The molecule has 3 heterocycles. The number of aromatic nitrogens is 1. The molecule has 47 heavy (non-hydrogen) atoms. The fraction of sp³-hybridized carbons (Fsp3) is 0.618. The first kappa shape index (κ1) is 37.1. The van der Waals surface area contributed by atoms with Gasteiger partial charge in [-0.3, -0.25) is 14.6 Å². The van der Waals surface area contributed by atoms with Gasteiger partial charge in [0.1, 0.15) is 22.5 Å². The van der Waals surface area contributed by atoms with Gasteiger partial charge in [0.15, 0.2) is 9.84 Å². The number of amides is 2. The Morgan fingerprint density at radius 1 is 1.13 bits per heavy atom. The number of rotatable bonds is 11. The first-order valence-electron chi connectivity index (χ1n) is 16.3. The van der Waals surface area contributed by atoms with Crippen molar-refractivity contribution in [3.05, 3.63) is 64.4 Å². The van der Waals surface area contributed by atoms with Crippen LogP contribution in [0.5, 0.6) is 0 Å². The number of carbonyl (C=O) groups is 2. The smallest absolute Gasteiger partial charge is 0.407 e. The lowest BCUT2D eigenvalue weighted by atomic mass is 9.99. The van der Waals surface area contributed by atoms with Gasteiger partial charge in [-0.05, 0) is 69.7 Å². The van der Waals surface area contributed by atoms with Crippen LogP contribution in [0.15, 0.2) is 42.5 Å². The summed E-state index contributed by atoms with van der Waals surface area (Å²) in [6.07, 6.45) is -2.03. The molecule has 2 fully saturated rings. The predicted molar refractivity (Wildman–Crippen MR) is 183 cm³/mol. The van der Waals surface area contributed by atoms with Gasteiger partial charge in [0, 0.05) is 44.0 Å². The molecule has 0 spiro atoms. The minimum atomic E-state index is -3.36. The van der Waals surface area contributed by atoms with Crippen LogP contribution in [0.2, 0.25) is 5.15 Å². The molecule has 1 aromatic heterocycles. The van der Waals surface area contributed by atoms with Crippen molar-refractivity contribution in [2.75, 3.05) is 31.9 Å². The summed E-state index contributed by atoms with van der Waals surface area (Å²) in [4.78, 5) is 35.3. The fourth-order valence-corrected chi connectivity index (χ4v) is 9.20. The highest BCUT2D eigenvalue weighted by molar-refractivity contribution is 7.92. The molecular weight excluding hydrogens is 642 g/mol. The summed E-state index contributed by atoms with van der Waals surface area (Å²) in [5.74, 6) is -0.380. The quantitative estimate of drug-likeness (QED) is 0.303. The van der Waals surface area contributed by atoms with Gasteiger partial charge in [-0.15, -0.1) is 0 Å². The Morgan fingerprint density at radius 2 is 1.83 bits per heavy atom.